The van der Waals surface area contributed by atoms with Crippen LogP contribution < -0.4 is 16.2 Å². The maximum Gasteiger partial charge on any atom is 0.269 e. The third-order valence-electron chi connectivity index (χ3n) is 2.90. The van der Waals surface area contributed by atoms with Crippen molar-refractivity contribution >= 4 is 17.7 Å². The summed E-state index contributed by atoms with van der Waals surface area (Å²) >= 11 is 0. The van der Waals surface area contributed by atoms with Crippen molar-refractivity contribution in [3.63, 3.8) is 0 Å². The first-order chi connectivity index (χ1) is 10.3. The zero-order valence-corrected chi connectivity index (χ0v) is 13.2. The molecule has 0 heterocycles. The second-order valence-corrected chi connectivity index (χ2v) is 5.98. The molecule has 6 nitrogen and oxygen atoms in total. The molecular formula is C16H23N3O3. The lowest BCUT2D eigenvalue weighted by atomic mass is 9.96. The van der Waals surface area contributed by atoms with E-state index < -0.39 is 5.41 Å². The van der Waals surface area contributed by atoms with Crippen LogP contribution in [0, 0.1) is 5.41 Å². The average Bonchev–Trinajstić information content (AvgIpc) is 2.48. The standard InChI is InChI=1S/C16H23N3O3/c1-16(2,3)15(22)17-11-7-10-13(20)18-19-14(21)12-8-5-4-6-9-12/h4-6,8-9H,7,10-11H2,1-3H3,(H,17,22)(H,18,20)(H,19,21). The summed E-state index contributed by atoms with van der Waals surface area (Å²) in [7, 11) is 0. The van der Waals surface area contributed by atoms with Crippen molar-refractivity contribution in [1.82, 2.24) is 16.2 Å². The van der Waals surface area contributed by atoms with Gasteiger partial charge in [0.05, 0.1) is 0 Å². The highest BCUT2D eigenvalue weighted by atomic mass is 16.2. The number of nitrogens with one attached hydrogen (secondary N) is 3. The molecule has 1 rings (SSSR count). The van der Waals surface area contributed by atoms with Crippen LogP contribution in [0.4, 0.5) is 0 Å². The van der Waals surface area contributed by atoms with E-state index in [4.69, 9.17) is 0 Å². The van der Waals surface area contributed by atoms with E-state index in [1.165, 1.54) is 0 Å². The largest absolute Gasteiger partial charge is 0.356 e. The van der Waals surface area contributed by atoms with Gasteiger partial charge in [-0.3, -0.25) is 25.2 Å². The molecule has 1 aromatic rings. The summed E-state index contributed by atoms with van der Waals surface area (Å²) in [6, 6.07) is 8.61. The zero-order chi connectivity index (χ0) is 16.6. The third kappa shape index (κ3) is 6.39. The Hall–Kier alpha value is -2.37. The Bertz CT molecular complexity index is 521. The molecule has 0 saturated heterocycles. The van der Waals surface area contributed by atoms with E-state index in [-0.39, 0.29) is 24.1 Å². The maximum atomic E-state index is 11.7. The lowest BCUT2D eigenvalue weighted by molar-refractivity contribution is -0.128. The summed E-state index contributed by atoms with van der Waals surface area (Å²) in [6.45, 7) is 5.91. The smallest absolute Gasteiger partial charge is 0.269 e. The van der Waals surface area contributed by atoms with E-state index in [1.54, 1.807) is 30.3 Å². The molecule has 0 atom stereocenters. The van der Waals surface area contributed by atoms with E-state index in [9.17, 15) is 14.4 Å². The van der Waals surface area contributed by atoms with Gasteiger partial charge in [-0.2, -0.15) is 0 Å². The molecule has 6 heteroatoms. The van der Waals surface area contributed by atoms with Crippen molar-refractivity contribution in [3.8, 4) is 0 Å². The molecule has 0 aliphatic carbocycles. The van der Waals surface area contributed by atoms with Crippen molar-refractivity contribution in [3.05, 3.63) is 35.9 Å². The summed E-state index contributed by atoms with van der Waals surface area (Å²) in [4.78, 5) is 34.9. The molecule has 0 aliphatic rings. The van der Waals surface area contributed by atoms with Crippen molar-refractivity contribution < 1.29 is 14.4 Å². The van der Waals surface area contributed by atoms with Gasteiger partial charge in [-0.1, -0.05) is 39.0 Å². The van der Waals surface area contributed by atoms with Crippen LogP contribution in [-0.2, 0) is 9.59 Å². The van der Waals surface area contributed by atoms with Gasteiger partial charge in [0, 0.05) is 23.9 Å². The first kappa shape index (κ1) is 17.7. The molecular weight excluding hydrogens is 282 g/mol. The Morgan fingerprint density at radius 2 is 1.64 bits per heavy atom. The van der Waals surface area contributed by atoms with Gasteiger partial charge in [0.2, 0.25) is 11.8 Å². The van der Waals surface area contributed by atoms with E-state index in [1.807, 2.05) is 20.8 Å². The van der Waals surface area contributed by atoms with Crippen LogP contribution in [0.25, 0.3) is 0 Å². The lowest BCUT2D eigenvalue weighted by Crippen LogP contribution is -2.42. The molecule has 0 aliphatic heterocycles. The Morgan fingerprint density at radius 3 is 2.23 bits per heavy atom. The van der Waals surface area contributed by atoms with Gasteiger partial charge in [0.15, 0.2) is 0 Å². The molecule has 0 bridgehead atoms. The molecule has 0 radical (unpaired) electrons. The maximum absolute atomic E-state index is 11.7. The molecule has 0 fully saturated rings. The van der Waals surface area contributed by atoms with Gasteiger partial charge in [-0.15, -0.1) is 0 Å². The van der Waals surface area contributed by atoms with E-state index in [0.717, 1.165) is 0 Å². The van der Waals surface area contributed by atoms with Crippen molar-refractivity contribution in [1.29, 1.82) is 0 Å². The van der Waals surface area contributed by atoms with Crippen LogP contribution in [-0.4, -0.2) is 24.3 Å². The fourth-order valence-electron chi connectivity index (χ4n) is 1.57. The van der Waals surface area contributed by atoms with Crippen LogP contribution in [0.3, 0.4) is 0 Å². The number of rotatable bonds is 5. The van der Waals surface area contributed by atoms with Crippen LogP contribution in [0.1, 0.15) is 44.0 Å². The molecule has 0 saturated carbocycles. The molecule has 0 unspecified atom stereocenters. The Morgan fingerprint density at radius 1 is 1.00 bits per heavy atom. The number of carbonyl (C=O) groups excluding carboxylic acids is 3. The monoisotopic (exact) mass is 305 g/mol. The van der Waals surface area contributed by atoms with Gasteiger partial charge >= 0.3 is 0 Å². The Kier molecular flexibility index (Phi) is 6.56. The highest BCUT2D eigenvalue weighted by Crippen LogP contribution is 2.12. The van der Waals surface area contributed by atoms with E-state index >= 15 is 0 Å². The van der Waals surface area contributed by atoms with Gasteiger partial charge in [0.25, 0.3) is 5.91 Å². The molecule has 120 valence electrons. The van der Waals surface area contributed by atoms with Gasteiger partial charge < -0.3 is 5.32 Å². The van der Waals surface area contributed by atoms with Gasteiger partial charge in [0.1, 0.15) is 0 Å². The van der Waals surface area contributed by atoms with Gasteiger partial charge in [-0.25, -0.2) is 0 Å². The number of benzene rings is 1. The number of hydrogen-bond donors (Lipinski definition) is 3. The van der Waals surface area contributed by atoms with Crippen LogP contribution in [0.15, 0.2) is 30.3 Å². The molecule has 0 aromatic heterocycles. The predicted molar refractivity (Wildman–Crippen MR) is 83.7 cm³/mol. The molecule has 1 aromatic carbocycles. The summed E-state index contributed by atoms with van der Waals surface area (Å²) in [6.07, 6.45) is 0.731. The third-order valence-corrected chi connectivity index (χ3v) is 2.90. The number of amides is 3. The first-order valence-electron chi connectivity index (χ1n) is 7.23. The fraction of sp³-hybridized carbons (Fsp3) is 0.438. The van der Waals surface area contributed by atoms with Crippen molar-refractivity contribution in [2.75, 3.05) is 6.54 Å². The fourth-order valence-corrected chi connectivity index (χ4v) is 1.57. The topological polar surface area (TPSA) is 87.3 Å². The number of hydrogen-bond acceptors (Lipinski definition) is 3. The molecule has 0 spiro atoms. The lowest BCUT2D eigenvalue weighted by Gasteiger charge is -2.17. The minimum atomic E-state index is -0.439. The first-order valence-corrected chi connectivity index (χ1v) is 7.23. The SMILES string of the molecule is CC(C)(C)C(=O)NCCCC(=O)NNC(=O)c1ccccc1. The molecule has 22 heavy (non-hydrogen) atoms. The minimum Gasteiger partial charge on any atom is -0.356 e. The van der Waals surface area contributed by atoms with Crippen molar-refractivity contribution in [2.45, 2.75) is 33.6 Å². The summed E-state index contributed by atoms with van der Waals surface area (Å²) in [5.74, 6) is -0.713. The highest BCUT2D eigenvalue weighted by molar-refractivity contribution is 5.95. The predicted octanol–water partition coefficient (Wildman–Crippen LogP) is 1.39. The highest BCUT2D eigenvalue weighted by Gasteiger charge is 2.20. The Balaban J connectivity index is 2.19. The van der Waals surface area contributed by atoms with E-state index in [2.05, 4.69) is 16.2 Å². The second-order valence-electron chi connectivity index (χ2n) is 5.98. The van der Waals surface area contributed by atoms with Gasteiger partial charge in [-0.05, 0) is 18.6 Å². The zero-order valence-electron chi connectivity index (χ0n) is 13.2. The molecule has 3 amide bonds. The summed E-state index contributed by atoms with van der Waals surface area (Å²) < 4.78 is 0. The van der Waals surface area contributed by atoms with Crippen LogP contribution in [0.2, 0.25) is 0 Å². The quantitative estimate of drug-likeness (QED) is 0.567. The number of hydrazine groups is 1. The molecule has 3 N–H and O–H groups in total. The van der Waals surface area contributed by atoms with Crippen LogP contribution in [0.5, 0.6) is 0 Å². The van der Waals surface area contributed by atoms with Crippen LogP contribution >= 0.6 is 0 Å². The van der Waals surface area contributed by atoms with E-state index in [0.29, 0.717) is 18.5 Å². The number of carbonyl (C=O) groups is 3. The Labute approximate surface area is 130 Å². The normalized spacial score (nSPS) is 10.7. The summed E-state index contributed by atoms with van der Waals surface area (Å²) in [5.41, 5.74) is 4.73. The summed E-state index contributed by atoms with van der Waals surface area (Å²) in [5, 5.41) is 2.76. The van der Waals surface area contributed by atoms with Crippen molar-refractivity contribution in [2.24, 2.45) is 5.41 Å². The second kappa shape index (κ2) is 8.17. The minimum absolute atomic E-state index is 0.0507. The average molecular weight is 305 g/mol.